The lowest BCUT2D eigenvalue weighted by molar-refractivity contribution is 0.107. The molecule has 2 aromatic rings. The first kappa shape index (κ1) is 19.7. The monoisotopic (exact) mass is 451 g/mol. The first-order chi connectivity index (χ1) is 15.0. The minimum Gasteiger partial charge on any atom is -0.475 e. The van der Waals surface area contributed by atoms with E-state index in [1.165, 1.54) is 0 Å². The maximum absolute atomic E-state index is 15.0. The van der Waals surface area contributed by atoms with Gasteiger partial charge in [-0.15, -0.1) is 0 Å². The summed E-state index contributed by atoms with van der Waals surface area (Å²) < 4.78 is 41.0. The molecule has 6 rings (SSSR count). The molecule has 0 radical (unpaired) electrons. The Balaban J connectivity index is 1.41. The Morgan fingerprint density at radius 3 is 3.00 bits per heavy atom. The van der Waals surface area contributed by atoms with Crippen LogP contribution in [0.5, 0.6) is 11.9 Å². The Kier molecular flexibility index (Phi) is 4.61. The van der Waals surface area contributed by atoms with Crippen LogP contribution >= 0.6 is 11.6 Å². The Bertz CT molecular complexity index is 1040. The van der Waals surface area contributed by atoms with Crippen LogP contribution < -0.4 is 14.4 Å². The summed E-state index contributed by atoms with van der Waals surface area (Å²) >= 11 is 6.05. The number of pyridine rings is 1. The number of alkyl halides is 1. The zero-order valence-electron chi connectivity index (χ0n) is 17.1. The second-order valence-electron chi connectivity index (χ2n) is 9.09. The van der Waals surface area contributed by atoms with Crippen molar-refractivity contribution in [1.29, 1.82) is 0 Å². The molecule has 166 valence electrons. The Morgan fingerprint density at radius 2 is 2.10 bits per heavy atom. The standard InChI is InChI=1S/C21H24ClF2N5O2/c22-17-15(24)16-14-18(29-7-2-1-4-13(29)10-30-19(14)26-17)27-20(25-16)31-11-21-5-3-6-28(21)9-12(23)8-21/h12-13H,1-11H2/t12-,13-,21+/m1/s1. The Morgan fingerprint density at radius 1 is 1.19 bits per heavy atom. The third-order valence-corrected chi connectivity index (χ3v) is 7.46. The van der Waals surface area contributed by atoms with Gasteiger partial charge in [0.2, 0.25) is 5.88 Å². The smallest absolute Gasteiger partial charge is 0.319 e. The molecule has 6 heterocycles. The highest BCUT2D eigenvalue weighted by Crippen LogP contribution is 2.42. The molecule has 0 aromatic carbocycles. The van der Waals surface area contributed by atoms with Gasteiger partial charge in [-0.1, -0.05) is 11.6 Å². The zero-order chi connectivity index (χ0) is 21.2. The molecule has 4 aliphatic heterocycles. The molecular weight excluding hydrogens is 428 g/mol. The summed E-state index contributed by atoms with van der Waals surface area (Å²) in [7, 11) is 0. The van der Waals surface area contributed by atoms with Gasteiger partial charge in [0.05, 0.1) is 11.6 Å². The van der Waals surface area contributed by atoms with Crippen LogP contribution in [-0.2, 0) is 0 Å². The lowest BCUT2D eigenvalue weighted by atomic mass is 9.95. The second-order valence-corrected chi connectivity index (χ2v) is 9.45. The van der Waals surface area contributed by atoms with Crippen LogP contribution in [0.15, 0.2) is 0 Å². The largest absolute Gasteiger partial charge is 0.475 e. The number of aromatic nitrogens is 3. The van der Waals surface area contributed by atoms with E-state index in [4.69, 9.17) is 21.1 Å². The molecule has 0 bridgehead atoms. The lowest BCUT2D eigenvalue weighted by Crippen LogP contribution is -2.44. The van der Waals surface area contributed by atoms with E-state index in [9.17, 15) is 8.78 Å². The van der Waals surface area contributed by atoms with E-state index in [0.29, 0.717) is 30.8 Å². The van der Waals surface area contributed by atoms with Crippen LogP contribution in [0.4, 0.5) is 14.6 Å². The number of rotatable bonds is 3. The van der Waals surface area contributed by atoms with Crippen molar-refractivity contribution in [3.05, 3.63) is 11.0 Å². The van der Waals surface area contributed by atoms with Crippen molar-refractivity contribution < 1.29 is 18.3 Å². The molecule has 0 saturated carbocycles. The number of hydrogen-bond acceptors (Lipinski definition) is 7. The van der Waals surface area contributed by atoms with Crippen LogP contribution in [0.1, 0.15) is 38.5 Å². The maximum Gasteiger partial charge on any atom is 0.319 e. The van der Waals surface area contributed by atoms with E-state index in [0.717, 1.165) is 45.2 Å². The lowest BCUT2D eigenvalue weighted by Gasteiger charge is -2.35. The van der Waals surface area contributed by atoms with Crippen molar-refractivity contribution in [2.45, 2.75) is 56.3 Å². The fourth-order valence-electron chi connectivity index (χ4n) is 5.73. The Hall–Kier alpha value is -2.00. The number of anilines is 1. The average molecular weight is 452 g/mol. The van der Waals surface area contributed by atoms with E-state index in [2.05, 4.69) is 24.8 Å². The molecule has 3 atom stereocenters. The molecule has 2 aromatic heterocycles. The molecule has 0 aliphatic carbocycles. The number of hydrogen-bond donors (Lipinski definition) is 0. The number of nitrogens with zero attached hydrogens (tertiary/aromatic N) is 5. The van der Waals surface area contributed by atoms with E-state index >= 15 is 0 Å². The van der Waals surface area contributed by atoms with Crippen molar-refractivity contribution >= 4 is 28.3 Å². The summed E-state index contributed by atoms with van der Waals surface area (Å²) in [6, 6.07) is 0.214. The molecule has 7 nitrogen and oxygen atoms in total. The Labute approximate surface area is 183 Å². The van der Waals surface area contributed by atoms with Gasteiger partial charge in [0.1, 0.15) is 36.1 Å². The van der Waals surface area contributed by atoms with Gasteiger partial charge >= 0.3 is 6.01 Å². The minimum atomic E-state index is -0.845. The summed E-state index contributed by atoms with van der Waals surface area (Å²) in [5.41, 5.74) is -0.279. The molecular formula is C21H24ClF2N5O2. The van der Waals surface area contributed by atoms with Gasteiger partial charge in [-0.25, -0.2) is 8.78 Å². The van der Waals surface area contributed by atoms with Crippen molar-refractivity contribution in [3.8, 4) is 11.9 Å². The van der Waals surface area contributed by atoms with Crippen LogP contribution in [-0.4, -0.2) is 70.5 Å². The van der Waals surface area contributed by atoms with Gasteiger partial charge in [-0.2, -0.15) is 15.0 Å². The molecule has 0 N–H and O–H groups in total. The van der Waals surface area contributed by atoms with E-state index < -0.39 is 12.0 Å². The summed E-state index contributed by atoms with van der Waals surface area (Å²) in [4.78, 5) is 17.5. The summed E-state index contributed by atoms with van der Waals surface area (Å²) in [6.45, 7) is 2.83. The van der Waals surface area contributed by atoms with Crippen LogP contribution in [0.3, 0.4) is 0 Å². The number of halogens is 3. The van der Waals surface area contributed by atoms with Crippen molar-refractivity contribution in [1.82, 2.24) is 19.9 Å². The second kappa shape index (κ2) is 7.27. The van der Waals surface area contributed by atoms with Crippen molar-refractivity contribution in [2.24, 2.45) is 0 Å². The molecule has 0 amide bonds. The van der Waals surface area contributed by atoms with E-state index in [-0.39, 0.29) is 40.7 Å². The molecule has 3 fully saturated rings. The zero-order valence-corrected chi connectivity index (χ0v) is 17.9. The molecule has 0 unspecified atom stereocenters. The van der Waals surface area contributed by atoms with Gasteiger partial charge in [0.25, 0.3) is 0 Å². The maximum atomic E-state index is 15.0. The minimum absolute atomic E-state index is 0.0526. The summed E-state index contributed by atoms with van der Waals surface area (Å²) in [6.07, 6.45) is 4.58. The third-order valence-electron chi connectivity index (χ3n) is 7.21. The van der Waals surface area contributed by atoms with Crippen molar-refractivity contribution in [3.63, 3.8) is 0 Å². The number of ether oxygens (including phenoxy) is 2. The fraction of sp³-hybridized carbons (Fsp3) is 0.667. The summed E-state index contributed by atoms with van der Waals surface area (Å²) in [5, 5.41) is 0.151. The predicted octanol–water partition coefficient (Wildman–Crippen LogP) is 3.52. The fourth-order valence-corrected chi connectivity index (χ4v) is 5.90. The molecule has 3 saturated heterocycles. The first-order valence-corrected chi connectivity index (χ1v) is 11.4. The number of piperidine rings is 1. The molecule has 0 spiro atoms. The summed E-state index contributed by atoms with van der Waals surface area (Å²) in [5.74, 6) is 0.128. The van der Waals surface area contributed by atoms with Crippen LogP contribution in [0.2, 0.25) is 5.15 Å². The van der Waals surface area contributed by atoms with Crippen molar-refractivity contribution in [2.75, 3.05) is 37.7 Å². The molecule has 10 heteroatoms. The van der Waals surface area contributed by atoms with Gasteiger partial charge in [0.15, 0.2) is 11.0 Å². The topological polar surface area (TPSA) is 63.6 Å². The third kappa shape index (κ3) is 3.11. The van der Waals surface area contributed by atoms with Gasteiger partial charge in [0, 0.05) is 19.5 Å². The average Bonchev–Trinajstić information content (AvgIpc) is 3.24. The van der Waals surface area contributed by atoms with E-state index in [1.54, 1.807) is 0 Å². The van der Waals surface area contributed by atoms with Gasteiger partial charge < -0.3 is 14.4 Å². The van der Waals surface area contributed by atoms with Crippen LogP contribution in [0, 0.1) is 5.82 Å². The normalized spacial score (nSPS) is 30.1. The highest BCUT2D eigenvalue weighted by molar-refractivity contribution is 6.30. The predicted molar refractivity (Wildman–Crippen MR) is 111 cm³/mol. The number of fused-ring (bicyclic) bond motifs is 3. The van der Waals surface area contributed by atoms with Gasteiger partial charge in [-0.3, -0.25) is 4.90 Å². The van der Waals surface area contributed by atoms with E-state index in [1.807, 2.05) is 0 Å². The first-order valence-electron chi connectivity index (χ1n) is 11.0. The van der Waals surface area contributed by atoms with Gasteiger partial charge in [-0.05, 0) is 38.6 Å². The SMILES string of the molecule is Fc1c(Cl)nc2c3c(nc(OC[C@@]45CCCN4C[C@H](F)C5)nc13)N1CCCC[C@@H]1CO2. The quantitative estimate of drug-likeness (QED) is 0.661. The molecule has 4 aliphatic rings. The van der Waals surface area contributed by atoms with Crippen LogP contribution in [0.25, 0.3) is 10.9 Å². The molecule has 31 heavy (non-hydrogen) atoms. The highest BCUT2D eigenvalue weighted by atomic mass is 35.5. The highest BCUT2D eigenvalue weighted by Gasteiger charge is 2.49.